The Kier molecular flexibility index (Phi) is 4.33. The zero-order valence-corrected chi connectivity index (χ0v) is 11.9. The van der Waals surface area contributed by atoms with Crippen LogP contribution in [0, 0.1) is 0 Å². The Hall–Kier alpha value is -2.59. The summed E-state index contributed by atoms with van der Waals surface area (Å²) in [6.45, 7) is -0.614. The maximum atomic E-state index is 12.2. The van der Waals surface area contributed by atoms with Crippen LogP contribution in [-0.2, 0) is 28.4 Å². The van der Waals surface area contributed by atoms with Crippen molar-refractivity contribution in [3.63, 3.8) is 0 Å². The maximum Gasteiger partial charge on any atom is 0.332 e. The van der Waals surface area contributed by atoms with Gasteiger partial charge in [-0.25, -0.2) is 9.78 Å². The molecule has 2 aromatic heterocycles. The van der Waals surface area contributed by atoms with E-state index in [1.165, 1.54) is 14.1 Å². The molecule has 10 heteroatoms. The Bertz CT molecular complexity index is 832. The molecule has 0 aliphatic heterocycles. The number of fused-ring (bicyclic) bond motifs is 1. The average Bonchev–Trinajstić information content (AvgIpc) is 2.97. The van der Waals surface area contributed by atoms with Crippen LogP contribution in [0.1, 0.15) is 6.23 Å². The fourth-order valence-corrected chi connectivity index (χ4v) is 2.02. The summed E-state index contributed by atoms with van der Waals surface area (Å²) in [5, 5.41) is 8.95. The van der Waals surface area contributed by atoms with Crippen molar-refractivity contribution in [3.8, 4) is 0 Å². The number of aliphatic hydroxyl groups is 1. The second-order valence-corrected chi connectivity index (χ2v) is 4.55. The first-order chi connectivity index (χ1) is 10.5. The number of carbonyl (C=O) groups excluding carboxylic acids is 2. The van der Waals surface area contributed by atoms with Crippen LogP contribution in [-0.4, -0.2) is 49.1 Å². The highest BCUT2D eigenvalue weighted by atomic mass is 16.5. The van der Waals surface area contributed by atoms with E-state index in [-0.39, 0.29) is 11.2 Å². The average molecular weight is 310 g/mol. The summed E-state index contributed by atoms with van der Waals surface area (Å²) in [6, 6.07) is 0. The Balaban J connectivity index is 2.66. The lowest BCUT2D eigenvalue weighted by molar-refractivity contribution is -0.139. The van der Waals surface area contributed by atoms with Crippen LogP contribution in [0.5, 0.6) is 0 Å². The molecule has 1 N–H and O–H groups in total. The predicted octanol–water partition coefficient (Wildman–Crippen LogP) is -2.29. The van der Waals surface area contributed by atoms with Gasteiger partial charge in [-0.1, -0.05) is 0 Å². The van der Waals surface area contributed by atoms with Crippen molar-refractivity contribution in [2.45, 2.75) is 12.3 Å². The van der Waals surface area contributed by atoms with Crippen molar-refractivity contribution < 1.29 is 19.4 Å². The quantitative estimate of drug-likeness (QED) is 0.595. The Morgan fingerprint density at radius 1 is 1.27 bits per heavy atom. The molecule has 0 aliphatic rings. The molecule has 0 bridgehead atoms. The van der Waals surface area contributed by atoms with E-state index >= 15 is 0 Å². The second kappa shape index (κ2) is 6.03. The van der Waals surface area contributed by atoms with Gasteiger partial charge >= 0.3 is 5.69 Å². The summed E-state index contributed by atoms with van der Waals surface area (Å²) >= 11 is 0. The summed E-state index contributed by atoms with van der Waals surface area (Å²) in [5.74, 6) is 0. The van der Waals surface area contributed by atoms with Gasteiger partial charge in [0.05, 0.1) is 6.61 Å². The van der Waals surface area contributed by atoms with E-state index in [0.717, 1.165) is 20.0 Å². The number of aliphatic hydroxyl groups excluding tert-OH is 1. The van der Waals surface area contributed by atoms with Crippen molar-refractivity contribution in [3.05, 3.63) is 27.2 Å². The number of imidazole rings is 1. The molecule has 0 aliphatic carbocycles. The molecule has 0 aromatic carbocycles. The normalized spacial score (nSPS) is 14.0. The van der Waals surface area contributed by atoms with Crippen LogP contribution in [0.15, 0.2) is 15.9 Å². The van der Waals surface area contributed by atoms with Crippen molar-refractivity contribution in [2.24, 2.45) is 14.1 Å². The maximum absolute atomic E-state index is 12.2. The van der Waals surface area contributed by atoms with Crippen LogP contribution in [0.2, 0.25) is 0 Å². The number of rotatable bonds is 6. The van der Waals surface area contributed by atoms with Crippen molar-refractivity contribution in [1.82, 2.24) is 18.7 Å². The first-order valence-electron chi connectivity index (χ1n) is 6.25. The summed E-state index contributed by atoms with van der Waals surface area (Å²) < 4.78 is 8.24. The number of hydrogen-bond acceptors (Lipinski definition) is 7. The van der Waals surface area contributed by atoms with Gasteiger partial charge in [-0.05, 0) is 0 Å². The van der Waals surface area contributed by atoms with Gasteiger partial charge in [-0.15, -0.1) is 0 Å². The topological polar surface area (TPSA) is 125 Å². The Morgan fingerprint density at radius 2 is 1.95 bits per heavy atom. The Labute approximate surface area is 123 Å². The molecule has 10 nitrogen and oxygen atoms in total. The first kappa shape index (κ1) is 15.8. The van der Waals surface area contributed by atoms with E-state index < -0.39 is 30.2 Å². The van der Waals surface area contributed by atoms with Gasteiger partial charge in [0.2, 0.25) is 0 Å². The second-order valence-electron chi connectivity index (χ2n) is 4.55. The van der Waals surface area contributed by atoms with Crippen LogP contribution >= 0.6 is 0 Å². The zero-order chi connectivity index (χ0) is 16.4. The minimum absolute atomic E-state index is 0.0238. The monoisotopic (exact) mass is 310 g/mol. The smallest absolute Gasteiger partial charge is 0.332 e. The molecule has 0 amide bonds. The number of aldehydes is 2. The van der Waals surface area contributed by atoms with Gasteiger partial charge in [0.1, 0.15) is 12.4 Å². The van der Waals surface area contributed by atoms with E-state index in [4.69, 9.17) is 9.84 Å². The van der Waals surface area contributed by atoms with E-state index in [2.05, 4.69) is 4.98 Å². The molecule has 0 saturated heterocycles. The van der Waals surface area contributed by atoms with Crippen LogP contribution < -0.4 is 11.2 Å². The van der Waals surface area contributed by atoms with Gasteiger partial charge in [0.25, 0.3) is 5.56 Å². The van der Waals surface area contributed by atoms with Gasteiger partial charge in [0.15, 0.2) is 30.0 Å². The third-order valence-electron chi connectivity index (χ3n) is 3.21. The molecule has 0 spiro atoms. The lowest BCUT2D eigenvalue weighted by Crippen LogP contribution is -2.38. The molecule has 2 aromatic rings. The molecule has 2 rings (SSSR count). The molecule has 2 heterocycles. The minimum atomic E-state index is -1.34. The van der Waals surface area contributed by atoms with Crippen LogP contribution in [0.25, 0.3) is 11.2 Å². The highest BCUT2D eigenvalue weighted by Gasteiger charge is 2.22. The van der Waals surface area contributed by atoms with Gasteiger partial charge < -0.3 is 14.6 Å². The molecule has 0 saturated carbocycles. The van der Waals surface area contributed by atoms with Gasteiger partial charge in [-0.3, -0.25) is 23.3 Å². The highest BCUT2D eigenvalue weighted by Crippen LogP contribution is 2.14. The van der Waals surface area contributed by atoms with Gasteiger partial charge in [-0.2, -0.15) is 0 Å². The van der Waals surface area contributed by atoms with Gasteiger partial charge in [0, 0.05) is 14.1 Å². The predicted molar refractivity (Wildman–Crippen MR) is 73.3 cm³/mol. The Morgan fingerprint density at radius 3 is 2.50 bits per heavy atom. The first-order valence-corrected chi connectivity index (χ1v) is 6.25. The third kappa shape index (κ3) is 2.38. The summed E-state index contributed by atoms with van der Waals surface area (Å²) in [4.78, 5) is 49.9. The number of aromatic nitrogens is 4. The molecule has 2 unspecified atom stereocenters. The molecule has 22 heavy (non-hydrogen) atoms. The van der Waals surface area contributed by atoms with E-state index in [1.807, 2.05) is 0 Å². The summed E-state index contributed by atoms with van der Waals surface area (Å²) in [7, 11) is 2.72. The van der Waals surface area contributed by atoms with E-state index in [0.29, 0.717) is 12.6 Å². The van der Waals surface area contributed by atoms with Crippen molar-refractivity contribution >= 4 is 23.7 Å². The summed E-state index contributed by atoms with van der Waals surface area (Å²) in [6.07, 6.45) is -0.702. The molecule has 0 radical (unpaired) electrons. The third-order valence-corrected chi connectivity index (χ3v) is 3.21. The van der Waals surface area contributed by atoms with Crippen molar-refractivity contribution in [1.29, 1.82) is 0 Å². The van der Waals surface area contributed by atoms with Crippen LogP contribution in [0.4, 0.5) is 0 Å². The minimum Gasteiger partial charge on any atom is -0.393 e. The number of carbonyl (C=O) groups is 2. The standard InChI is InChI=1S/C12H14N4O6/c1-14-10-9(11(20)15(2)12(14)21)16(6-13-10)8(5-19)22-7(3-17)4-18/h3,5-8,18H,4H2,1-2H3. The number of aryl methyl sites for hydroxylation is 1. The molecular formula is C12H14N4O6. The molecule has 118 valence electrons. The SMILES string of the molecule is Cn1c(=O)c2c(ncn2C(C=O)OC(C=O)CO)n(C)c1=O. The van der Waals surface area contributed by atoms with Crippen LogP contribution in [0.3, 0.4) is 0 Å². The molecular weight excluding hydrogens is 296 g/mol. The number of ether oxygens (including phenoxy) is 1. The number of hydrogen-bond donors (Lipinski definition) is 1. The molecule has 0 fully saturated rings. The lowest BCUT2D eigenvalue weighted by atomic mass is 10.4. The fourth-order valence-electron chi connectivity index (χ4n) is 2.02. The fraction of sp³-hybridized carbons (Fsp3) is 0.417. The molecule has 2 atom stereocenters. The number of nitrogens with zero attached hydrogens (tertiary/aromatic N) is 4. The summed E-state index contributed by atoms with van der Waals surface area (Å²) in [5.41, 5.74) is -1.16. The van der Waals surface area contributed by atoms with E-state index in [9.17, 15) is 19.2 Å². The van der Waals surface area contributed by atoms with E-state index in [1.54, 1.807) is 0 Å². The van der Waals surface area contributed by atoms with Crippen molar-refractivity contribution in [2.75, 3.05) is 6.61 Å². The zero-order valence-electron chi connectivity index (χ0n) is 11.9. The lowest BCUT2D eigenvalue weighted by Gasteiger charge is -2.17. The largest absolute Gasteiger partial charge is 0.393 e. The highest BCUT2D eigenvalue weighted by molar-refractivity contribution is 5.72.